The Morgan fingerprint density at radius 3 is 2.00 bits per heavy atom. The van der Waals surface area contributed by atoms with Crippen molar-refractivity contribution in [1.82, 2.24) is 0 Å². The summed E-state index contributed by atoms with van der Waals surface area (Å²) in [6, 6.07) is 8.88. The Morgan fingerprint density at radius 1 is 0.933 bits per heavy atom. The van der Waals surface area contributed by atoms with Crippen LogP contribution < -0.4 is 0 Å². The van der Waals surface area contributed by atoms with Crippen LogP contribution in [0, 0.1) is 12.8 Å². The van der Waals surface area contributed by atoms with Crippen molar-refractivity contribution < 1.29 is 0 Å². The lowest BCUT2D eigenvalue weighted by molar-refractivity contribution is 0.448. The van der Waals surface area contributed by atoms with Crippen LogP contribution in [0.4, 0.5) is 0 Å². The van der Waals surface area contributed by atoms with E-state index in [4.69, 9.17) is 0 Å². The van der Waals surface area contributed by atoms with Gasteiger partial charge in [-0.3, -0.25) is 0 Å². The zero-order valence-corrected chi connectivity index (χ0v) is 9.70. The van der Waals surface area contributed by atoms with Crippen LogP contribution in [0.15, 0.2) is 48.6 Å². The van der Waals surface area contributed by atoms with Crippen molar-refractivity contribution in [3.05, 3.63) is 59.7 Å². The summed E-state index contributed by atoms with van der Waals surface area (Å²) in [4.78, 5) is 0. The fourth-order valence-electron chi connectivity index (χ4n) is 2.09. The van der Waals surface area contributed by atoms with Crippen molar-refractivity contribution in [3.8, 4) is 0 Å². The molecule has 0 spiro atoms. The maximum atomic E-state index is 2.31. The van der Waals surface area contributed by atoms with Crippen LogP contribution in [0.5, 0.6) is 0 Å². The third kappa shape index (κ3) is 1.90. The third-order valence-corrected chi connectivity index (χ3v) is 3.38. The molecule has 0 bridgehead atoms. The quantitative estimate of drug-likeness (QED) is 0.673. The van der Waals surface area contributed by atoms with E-state index in [1.54, 1.807) is 0 Å². The number of benzene rings is 1. The molecule has 0 aromatic heterocycles. The molecule has 0 saturated carbocycles. The van der Waals surface area contributed by atoms with Gasteiger partial charge in [0.2, 0.25) is 0 Å². The van der Waals surface area contributed by atoms with Crippen molar-refractivity contribution in [2.24, 2.45) is 5.92 Å². The van der Waals surface area contributed by atoms with E-state index in [0.717, 1.165) is 0 Å². The van der Waals surface area contributed by atoms with Gasteiger partial charge < -0.3 is 0 Å². The molecule has 0 unspecified atom stereocenters. The van der Waals surface area contributed by atoms with Crippen LogP contribution in [0.3, 0.4) is 0 Å². The molecule has 15 heavy (non-hydrogen) atoms. The lowest BCUT2D eigenvalue weighted by atomic mass is 9.74. The van der Waals surface area contributed by atoms with Gasteiger partial charge in [0.05, 0.1) is 0 Å². The molecule has 0 atom stereocenters. The summed E-state index contributed by atoms with van der Waals surface area (Å²) in [5.41, 5.74) is 2.93. The molecule has 1 aliphatic rings. The number of aryl methyl sites for hydroxylation is 1. The van der Waals surface area contributed by atoms with Crippen LogP contribution in [0.25, 0.3) is 0 Å². The number of allylic oxidation sites excluding steroid dienone is 4. The molecule has 2 rings (SSSR count). The van der Waals surface area contributed by atoms with Crippen molar-refractivity contribution >= 4 is 0 Å². The van der Waals surface area contributed by atoms with E-state index in [9.17, 15) is 0 Å². The van der Waals surface area contributed by atoms with E-state index in [-0.39, 0.29) is 5.41 Å². The molecule has 1 aromatic rings. The van der Waals surface area contributed by atoms with Crippen LogP contribution in [0.2, 0.25) is 0 Å². The van der Waals surface area contributed by atoms with E-state index >= 15 is 0 Å². The van der Waals surface area contributed by atoms with Crippen LogP contribution >= 0.6 is 0 Å². The molecule has 0 aliphatic heterocycles. The summed E-state index contributed by atoms with van der Waals surface area (Å²) in [7, 11) is 0. The Kier molecular flexibility index (Phi) is 2.52. The molecule has 0 nitrogen and oxygen atoms in total. The Bertz CT molecular complexity index is 379. The fraction of sp³-hybridized carbons (Fsp3) is 0.333. The molecule has 0 radical (unpaired) electrons. The number of hydrogen-bond acceptors (Lipinski definition) is 0. The Labute approximate surface area is 92.3 Å². The van der Waals surface area contributed by atoms with Crippen molar-refractivity contribution in [1.29, 1.82) is 0 Å². The van der Waals surface area contributed by atoms with E-state index < -0.39 is 0 Å². The number of rotatable bonds is 2. The highest BCUT2D eigenvalue weighted by Gasteiger charge is 2.28. The van der Waals surface area contributed by atoms with Crippen LogP contribution in [-0.4, -0.2) is 0 Å². The standard InChI is InChI=1S/C15H18/c1-12-8-10-14(11-9-12)15(2,3)13-6-4-5-7-13/h4-11,13H,1-3H3. The minimum atomic E-state index is 0.192. The molecular formula is C15H18. The summed E-state index contributed by atoms with van der Waals surface area (Å²) in [6.45, 7) is 6.75. The van der Waals surface area contributed by atoms with Crippen molar-refractivity contribution in [2.45, 2.75) is 26.2 Å². The molecule has 0 heteroatoms. The first-order valence-corrected chi connectivity index (χ1v) is 5.53. The summed E-state index contributed by atoms with van der Waals surface area (Å²) in [5, 5.41) is 0. The van der Waals surface area contributed by atoms with Gasteiger partial charge in [-0.25, -0.2) is 0 Å². The highest BCUT2D eigenvalue weighted by molar-refractivity contribution is 5.33. The second-order valence-corrected chi connectivity index (χ2v) is 4.88. The maximum Gasteiger partial charge on any atom is 0.00445 e. The van der Waals surface area contributed by atoms with Gasteiger partial charge in [0, 0.05) is 5.92 Å². The van der Waals surface area contributed by atoms with Gasteiger partial charge in [-0.2, -0.15) is 0 Å². The van der Waals surface area contributed by atoms with Crippen LogP contribution in [0.1, 0.15) is 25.0 Å². The van der Waals surface area contributed by atoms with Gasteiger partial charge in [-0.15, -0.1) is 0 Å². The predicted octanol–water partition coefficient (Wildman–Crippen LogP) is 4.01. The molecule has 0 fully saturated rings. The fourth-order valence-corrected chi connectivity index (χ4v) is 2.09. The molecule has 0 amide bonds. The summed E-state index contributed by atoms with van der Waals surface area (Å²) >= 11 is 0. The van der Waals surface area contributed by atoms with E-state index in [1.807, 2.05) is 0 Å². The molecule has 1 aliphatic carbocycles. The van der Waals surface area contributed by atoms with Gasteiger partial charge in [0.25, 0.3) is 0 Å². The zero-order chi connectivity index (χ0) is 10.9. The summed E-state index contributed by atoms with van der Waals surface area (Å²) < 4.78 is 0. The average Bonchev–Trinajstić information content (AvgIpc) is 2.71. The molecule has 78 valence electrons. The largest absolute Gasteiger partial charge is 0.0768 e. The average molecular weight is 198 g/mol. The van der Waals surface area contributed by atoms with Gasteiger partial charge in [0.1, 0.15) is 0 Å². The topological polar surface area (TPSA) is 0 Å². The van der Waals surface area contributed by atoms with Gasteiger partial charge in [-0.1, -0.05) is 68.0 Å². The van der Waals surface area contributed by atoms with E-state index in [0.29, 0.717) is 5.92 Å². The highest BCUT2D eigenvalue weighted by Crippen LogP contribution is 2.35. The minimum absolute atomic E-state index is 0.192. The lowest BCUT2D eigenvalue weighted by Gasteiger charge is -2.30. The number of hydrogen-bond donors (Lipinski definition) is 0. The molecule has 1 aromatic carbocycles. The zero-order valence-electron chi connectivity index (χ0n) is 9.70. The normalized spacial score (nSPS) is 16.2. The third-order valence-electron chi connectivity index (χ3n) is 3.38. The van der Waals surface area contributed by atoms with Gasteiger partial charge in [0.15, 0.2) is 0 Å². The first-order chi connectivity index (χ1) is 7.10. The molecule has 0 N–H and O–H groups in total. The Balaban J connectivity index is 2.32. The second-order valence-electron chi connectivity index (χ2n) is 4.88. The van der Waals surface area contributed by atoms with E-state index in [2.05, 4.69) is 69.3 Å². The Hall–Kier alpha value is -1.30. The smallest absolute Gasteiger partial charge is 0.00445 e. The van der Waals surface area contributed by atoms with Crippen molar-refractivity contribution in [3.63, 3.8) is 0 Å². The Morgan fingerprint density at radius 2 is 1.47 bits per heavy atom. The minimum Gasteiger partial charge on any atom is -0.0768 e. The predicted molar refractivity (Wildman–Crippen MR) is 66.0 cm³/mol. The second kappa shape index (κ2) is 3.69. The molecule has 0 saturated heterocycles. The van der Waals surface area contributed by atoms with Gasteiger partial charge >= 0.3 is 0 Å². The first-order valence-electron chi connectivity index (χ1n) is 5.53. The summed E-state index contributed by atoms with van der Waals surface area (Å²) in [5.74, 6) is 0.528. The lowest BCUT2D eigenvalue weighted by Crippen LogP contribution is -2.25. The molecule has 0 heterocycles. The highest BCUT2D eigenvalue weighted by atomic mass is 14.3. The molecular weight excluding hydrogens is 180 g/mol. The summed E-state index contributed by atoms with van der Waals surface area (Å²) in [6.07, 6.45) is 8.83. The first kappa shape index (κ1) is 10.2. The maximum absolute atomic E-state index is 2.31. The monoisotopic (exact) mass is 198 g/mol. The SMILES string of the molecule is Cc1ccc(C(C)(C)C2C=CC=C2)cc1. The van der Waals surface area contributed by atoms with E-state index in [1.165, 1.54) is 11.1 Å². The van der Waals surface area contributed by atoms with Crippen LogP contribution in [-0.2, 0) is 5.41 Å². The van der Waals surface area contributed by atoms with Gasteiger partial charge in [-0.05, 0) is 17.9 Å². The van der Waals surface area contributed by atoms with Crippen molar-refractivity contribution in [2.75, 3.05) is 0 Å².